The maximum Gasteiger partial charge on any atom is 0.0111 e. The number of hydrogen-bond donors (Lipinski definition) is 1. The molecule has 0 spiro atoms. The van der Waals surface area contributed by atoms with Crippen LogP contribution in [0.3, 0.4) is 0 Å². The van der Waals surface area contributed by atoms with Gasteiger partial charge in [0.2, 0.25) is 0 Å². The molecule has 1 aliphatic carbocycles. The predicted octanol–water partition coefficient (Wildman–Crippen LogP) is 3.07. The molecule has 1 nitrogen and oxygen atoms in total. The summed E-state index contributed by atoms with van der Waals surface area (Å²) in [4.78, 5) is 0. The summed E-state index contributed by atoms with van der Waals surface area (Å²) in [5.74, 6) is 3.24. The van der Waals surface area contributed by atoms with E-state index in [1.165, 1.54) is 31.4 Å². The average Bonchev–Trinajstić information content (AvgIpc) is 2.18. The molecule has 2 atom stereocenters. The van der Waals surface area contributed by atoms with E-state index >= 15 is 0 Å². The van der Waals surface area contributed by atoms with E-state index in [1.807, 2.05) is 17.8 Å². The van der Waals surface area contributed by atoms with E-state index in [1.54, 1.807) is 0 Å². The fourth-order valence-electron chi connectivity index (χ4n) is 2.12. The first-order valence-electron chi connectivity index (χ1n) is 5.75. The lowest BCUT2D eigenvalue weighted by Crippen LogP contribution is -2.34. The van der Waals surface area contributed by atoms with E-state index in [2.05, 4.69) is 18.8 Å². The molecule has 0 aliphatic heterocycles. The van der Waals surface area contributed by atoms with Gasteiger partial charge >= 0.3 is 0 Å². The van der Waals surface area contributed by atoms with Crippen molar-refractivity contribution in [3.63, 3.8) is 0 Å². The van der Waals surface area contributed by atoms with Crippen LogP contribution in [-0.2, 0) is 0 Å². The van der Waals surface area contributed by atoms with Gasteiger partial charge in [-0.2, -0.15) is 11.8 Å². The second-order valence-corrected chi connectivity index (χ2v) is 5.44. The Balaban J connectivity index is 1.97. The Bertz CT molecular complexity index is 158. The molecule has 1 rings (SSSR count). The number of hydrogen-bond acceptors (Lipinski definition) is 2. The maximum absolute atomic E-state index is 3.72. The molecule has 2 heteroatoms. The summed E-state index contributed by atoms with van der Waals surface area (Å²) in [5.41, 5.74) is 0. The Morgan fingerprint density at radius 2 is 2.36 bits per heavy atom. The van der Waals surface area contributed by atoms with E-state index in [0.717, 1.165) is 24.3 Å². The third kappa shape index (κ3) is 5.06. The number of rotatable bonds is 6. The highest BCUT2D eigenvalue weighted by Gasteiger charge is 2.17. The number of thioether (sulfide) groups is 1. The molecule has 1 aliphatic rings. The first-order chi connectivity index (χ1) is 6.83. The second-order valence-electron chi connectivity index (χ2n) is 4.29. The van der Waals surface area contributed by atoms with Gasteiger partial charge in [-0.15, -0.1) is 6.58 Å². The smallest absolute Gasteiger partial charge is 0.0111 e. The molecular formula is C12H23NS. The largest absolute Gasteiger partial charge is 0.313 e. The molecule has 0 bridgehead atoms. The molecule has 0 radical (unpaired) electrons. The zero-order chi connectivity index (χ0) is 10.2. The fraction of sp³-hybridized carbons (Fsp3) is 0.833. The lowest BCUT2D eigenvalue weighted by Gasteiger charge is -2.27. The zero-order valence-electron chi connectivity index (χ0n) is 9.30. The summed E-state index contributed by atoms with van der Waals surface area (Å²) in [6.45, 7) is 7.25. The van der Waals surface area contributed by atoms with Crippen LogP contribution in [0.15, 0.2) is 12.7 Å². The molecule has 0 amide bonds. The highest BCUT2D eigenvalue weighted by Crippen LogP contribution is 2.23. The minimum atomic E-state index is 0.795. The standard InChI is InChI=1S/C12H23NS/c1-3-8-14-9-7-13-12-6-4-5-11(2)10-12/h3,11-13H,1,4-10H2,2H3. The van der Waals surface area contributed by atoms with Gasteiger partial charge in [-0.25, -0.2) is 0 Å². The third-order valence-corrected chi connectivity index (χ3v) is 3.82. The van der Waals surface area contributed by atoms with Gasteiger partial charge in [-0.1, -0.05) is 25.8 Å². The van der Waals surface area contributed by atoms with Crippen LogP contribution in [0.25, 0.3) is 0 Å². The summed E-state index contributed by atoms with van der Waals surface area (Å²) in [6.07, 6.45) is 7.60. The Morgan fingerprint density at radius 1 is 1.50 bits per heavy atom. The summed E-state index contributed by atoms with van der Waals surface area (Å²) in [7, 11) is 0. The second kappa shape index (κ2) is 7.36. The highest BCUT2D eigenvalue weighted by atomic mass is 32.2. The number of nitrogens with one attached hydrogen (secondary N) is 1. The first-order valence-corrected chi connectivity index (χ1v) is 6.90. The molecule has 82 valence electrons. The van der Waals surface area contributed by atoms with Crippen LogP contribution in [0, 0.1) is 5.92 Å². The molecule has 0 aromatic heterocycles. The molecule has 0 aromatic rings. The van der Waals surface area contributed by atoms with Crippen LogP contribution in [0.1, 0.15) is 32.6 Å². The molecular weight excluding hydrogens is 190 g/mol. The molecule has 14 heavy (non-hydrogen) atoms. The van der Waals surface area contributed by atoms with Gasteiger partial charge in [0.05, 0.1) is 0 Å². The van der Waals surface area contributed by atoms with Crippen molar-refractivity contribution in [3.8, 4) is 0 Å². The summed E-state index contributed by atoms with van der Waals surface area (Å²) < 4.78 is 0. The van der Waals surface area contributed by atoms with Crippen LogP contribution < -0.4 is 5.32 Å². The van der Waals surface area contributed by atoms with Gasteiger partial charge in [0.15, 0.2) is 0 Å². The molecule has 1 fully saturated rings. The molecule has 2 unspecified atom stereocenters. The van der Waals surface area contributed by atoms with E-state index in [-0.39, 0.29) is 0 Å². The Labute approximate surface area is 92.7 Å². The minimum Gasteiger partial charge on any atom is -0.313 e. The Hall–Kier alpha value is 0.0500. The van der Waals surface area contributed by atoms with Crippen molar-refractivity contribution in [1.29, 1.82) is 0 Å². The third-order valence-electron chi connectivity index (χ3n) is 2.85. The normalized spacial score (nSPS) is 27.5. The maximum atomic E-state index is 3.72. The molecule has 0 heterocycles. The topological polar surface area (TPSA) is 12.0 Å². The van der Waals surface area contributed by atoms with Gasteiger partial charge in [0.25, 0.3) is 0 Å². The van der Waals surface area contributed by atoms with Crippen LogP contribution in [0.2, 0.25) is 0 Å². The lowest BCUT2D eigenvalue weighted by atomic mass is 9.87. The quantitative estimate of drug-likeness (QED) is 0.537. The minimum absolute atomic E-state index is 0.795. The van der Waals surface area contributed by atoms with E-state index < -0.39 is 0 Å². The van der Waals surface area contributed by atoms with Crippen molar-refractivity contribution >= 4 is 11.8 Å². The fourth-order valence-corrected chi connectivity index (χ4v) is 2.72. The monoisotopic (exact) mass is 213 g/mol. The Morgan fingerprint density at radius 3 is 3.07 bits per heavy atom. The highest BCUT2D eigenvalue weighted by molar-refractivity contribution is 7.99. The zero-order valence-corrected chi connectivity index (χ0v) is 10.1. The van der Waals surface area contributed by atoms with Crippen LogP contribution in [0.4, 0.5) is 0 Å². The van der Waals surface area contributed by atoms with Crippen molar-refractivity contribution in [1.82, 2.24) is 5.32 Å². The van der Waals surface area contributed by atoms with Crippen molar-refractivity contribution in [3.05, 3.63) is 12.7 Å². The predicted molar refractivity (Wildman–Crippen MR) is 66.9 cm³/mol. The Kier molecular flexibility index (Phi) is 6.37. The van der Waals surface area contributed by atoms with Crippen LogP contribution >= 0.6 is 11.8 Å². The SMILES string of the molecule is C=CCSCCNC1CCCC(C)C1. The van der Waals surface area contributed by atoms with Crippen LogP contribution in [0.5, 0.6) is 0 Å². The van der Waals surface area contributed by atoms with Gasteiger partial charge < -0.3 is 5.32 Å². The van der Waals surface area contributed by atoms with Crippen LogP contribution in [-0.4, -0.2) is 24.1 Å². The van der Waals surface area contributed by atoms with E-state index in [9.17, 15) is 0 Å². The van der Waals surface area contributed by atoms with E-state index in [0.29, 0.717) is 0 Å². The first kappa shape index (κ1) is 12.1. The lowest BCUT2D eigenvalue weighted by molar-refractivity contribution is 0.306. The van der Waals surface area contributed by atoms with Crippen molar-refractivity contribution in [2.24, 2.45) is 5.92 Å². The molecule has 0 saturated heterocycles. The van der Waals surface area contributed by atoms with Gasteiger partial charge in [0, 0.05) is 24.1 Å². The van der Waals surface area contributed by atoms with Crippen molar-refractivity contribution in [2.75, 3.05) is 18.1 Å². The summed E-state index contributed by atoms with van der Waals surface area (Å²) in [6, 6.07) is 0.795. The molecule has 1 saturated carbocycles. The van der Waals surface area contributed by atoms with Gasteiger partial charge in [0.1, 0.15) is 0 Å². The van der Waals surface area contributed by atoms with Crippen molar-refractivity contribution < 1.29 is 0 Å². The summed E-state index contributed by atoms with van der Waals surface area (Å²) in [5, 5.41) is 3.66. The van der Waals surface area contributed by atoms with Gasteiger partial charge in [-0.3, -0.25) is 0 Å². The molecule has 1 N–H and O–H groups in total. The summed E-state index contributed by atoms with van der Waals surface area (Å²) >= 11 is 1.96. The van der Waals surface area contributed by atoms with Crippen molar-refractivity contribution in [2.45, 2.75) is 38.6 Å². The van der Waals surface area contributed by atoms with E-state index in [4.69, 9.17) is 0 Å². The average molecular weight is 213 g/mol. The molecule has 0 aromatic carbocycles. The van der Waals surface area contributed by atoms with Gasteiger partial charge in [-0.05, 0) is 18.8 Å².